The summed E-state index contributed by atoms with van der Waals surface area (Å²) in [6.45, 7) is 4.75. The summed E-state index contributed by atoms with van der Waals surface area (Å²) >= 11 is 0. The Balaban J connectivity index is 1.64. The van der Waals surface area contributed by atoms with Crippen molar-refractivity contribution in [1.82, 2.24) is 17.8 Å². The second kappa shape index (κ2) is 16.5. The smallest absolute Gasteiger partial charge is 0.253 e. The minimum absolute atomic E-state index is 0.0715. The maximum absolute atomic E-state index is 13.8. The molecule has 0 aromatic heterocycles. The van der Waals surface area contributed by atoms with Gasteiger partial charge in [0.1, 0.15) is 0 Å². The van der Waals surface area contributed by atoms with Crippen molar-refractivity contribution in [2.24, 2.45) is 0 Å². The summed E-state index contributed by atoms with van der Waals surface area (Å²) in [5.41, 5.74) is 2.33. The third-order valence-corrected chi connectivity index (χ3v) is 13.5. The highest BCUT2D eigenvalue weighted by molar-refractivity contribution is 7.89. The van der Waals surface area contributed by atoms with Gasteiger partial charge in [-0.05, 0) is 75.9 Å². The van der Waals surface area contributed by atoms with Crippen LogP contribution in [0.15, 0.2) is 88.7 Å². The number of aryl methyl sites for hydroxylation is 2. The van der Waals surface area contributed by atoms with Crippen molar-refractivity contribution in [2.45, 2.75) is 49.3 Å². The van der Waals surface area contributed by atoms with Crippen LogP contribution < -0.4 is 0 Å². The van der Waals surface area contributed by atoms with Crippen molar-refractivity contribution in [2.75, 3.05) is 58.6 Å². The quantitative estimate of drug-likeness (QED) is 0.377. The lowest BCUT2D eigenvalue weighted by molar-refractivity contribution is 0.0747. The van der Waals surface area contributed by atoms with E-state index in [1.807, 2.05) is 19.9 Å². The molecule has 11 nitrogen and oxygen atoms in total. The van der Waals surface area contributed by atoms with Gasteiger partial charge in [0, 0.05) is 57.9 Å². The molecule has 0 bridgehead atoms. The third-order valence-electron chi connectivity index (χ3n) is 8.40. The van der Waals surface area contributed by atoms with Crippen molar-refractivity contribution in [3.05, 3.63) is 95.6 Å². The van der Waals surface area contributed by atoms with Gasteiger partial charge in [-0.25, -0.2) is 29.6 Å². The van der Waals surface area contributed by atoms with Gasteiger partial charge in [-0.15, -0.1) is 0 Å². The second-order valence-corrected chi connectivity index (χ2v) is 18.0. The Morgan fingerprint density at radius 1 is 0.500 bits per heavy atom. The summed E-state index contributed by atoms with van der Waals surface area (Å²) in [6.07, 6.45) is 2.22. The molecule has 0 atom stereocenters. The number of sulfonamides is 3. The molecular weight excluding hydrogens is 673 g/mol. The lowest BCUT2D eigenvalue weighted by atomic mass is 10.2. The Morgan fingerprint density at radius 3 is 1.23 bits per heavy atom. The van der Waals surface area contributed by atoms with Crippen molar-refractivity contribution in [3.63, 3.8) is 0 Å². The first kappa shape index (κ1) is 37.7. The van der Waals surface area contributed by atoms with Crippen molar-refractivity contribution >= 4 is 36.0 Å². The van der Waals surface area contributed by atoms with E-state index >= 15 is 0 Å². The fourth-order valence-electron chi connectivity index (χ4n) is 5.67. The van der Waals surface area contributed by atoms with Crippen LogP contribution >= 0.6 is 0 Å². The summed E-state index contributed by atoms with van der Waals surface area (Å²) in [7, 11) is -11.5. The highest BCUT2D eigenvalue weighted by Crippen LogP contribution is 2.21. The van der Waals surface area contributed by atoms with E-state index in [2.05, 4.69) is 0 Å². The molecule has 0 spiro atoms. The van der Waals surface area contributed by atoms with Gasteiger partial charge in [0.05, 0.1) is 16.0 Å². The number of benzene rings is 3. The number of nitrogens with zero attached hydrogens (tertiary/aromatic N) is 4. The van der Waals surface area contributed by atoms with Gasteiger partial charge in [0.2, 0.25) is 30.1 Å². The summed E-state index contributed by atoms with van der Waals surface area (Å²) in [5, 5.41) is 0. The molecule has 0 radical (unpaired) electrons. The minimum Gasteiger partial charge on any atom is -0.339 e. The predicted molar refractivity (Wildman–Crippen MR) is 187 cm³/mol. The third kappa shape index (κ3) is 9.95. The van der Waals surface area contributed by atoms with E-state index in [1.54, 1.807) is 77.7 Å². The molecule has 1 heterocycles. The molecule has 1 saturated heterocycles. The van der Waals surface area contributed by atoms with Crippen LogP contribution in [-0.4, -0.2) is 108 Å². The molecular formula is C34H46N4O7S3. The van der Waals surface area contributed by atoms with E-state index in [0.29, 0.717) is 18.4 Å². The molecule has 1 amide bonds. The van der Waals surface area contributed by atoms with Crippen molar-refractivity contribution in [3.8, 4) is 0 Å². The molecule has 48 heavy (non-hydrogen) atoms. The van der Waals surface area contributed by atoms with Crippen LogP contribution in [0.5, 0.6) is 0 Å². The monoisotopic (exact) mass is 718 g/mol. The van der Waals surface area contributed by atoms with Crippen LogP contribution in [0.1, 0.15) is 47.2 Å². The molecule has 1 fully saturated rings. The van der Waals surface area contributed by atoms with Crippen molar-refractivity contribution in [1.29, 1.82) is 0 Å². The largest absolute Gasteiger partial charge is 0.339 e. The van der Waals surface area contributed by atoms with E-state index in [-0.39, 0.29) is 80.9 Å². The topological polar surface area (TPSA) is 132 Å². The average Bonchev–Trinajstić information content (AvgIpc) is 3.04. The van der Waals surface area contributed by atoms with Crippen LogP contribution in [-0.2, 0) is 30.1 Å². The van der Waals surface area contributed by atoms with E-state index in [0.717, 1.165) is 17.4 Å². The van der Waals surface area contributed by atoms with Gasteiger partial charge in [-0.1, -0.05) is 53.6 Å². The molecule has 3 aromatic rings. The van der Waals surface area contributed by atoms with Crippen LogP contribution in [0, 0.1) is 13.8 Å². The fraction of sp³-hybridized carbons (Fsp3) is 0.441. The molecule has 14 heteroatoms. The molecule has 0 unspecified atom stereocenters. The average molecular weight is 719 g/mol. The summed E-state index contributed by atoms with van der Waals surface area (Å²) in [5.74, 6) is -0.221. The first-order valence-electron chi connectivity index (χ1n) is 16.1. The zero-order valence-electron chi connectivity index (χ0n) is 27.9. The van der Waals surface area contributed by atoms with E-state index < -0.39 is 30.1 Å². The molecule has 4 rings (SSSR count). The van der Waals surface area contributed by atoms with E-state index in [1.165, 1.54) is 12.9 Å². The highest BCUT2D eigenvalue weighted by atomic mass is 32.2. The maximum atomic E-state index is 13.8. The Hall–Kier alpha value is -3.14. The number of carbonyl (C=O) groups is 1. The first-order chi connectivity index (χ1) is 22.7. The summed E-state index contributed by atoms with van der Waals surface area (Å²) in [6, 6.07) is 22.0. The Kier molecular flexibility index (Phi) is 13.0. The number of hydrogen-bond acceptors (Lipinski definition) is 7. The molecule has 0 aliphatic carbocycles. The van der Waals surface area contributed by atoms with Gasteiger partial charge in [-0.2, -0.15) is 8.61 Å². The molecule has 1 aliphatic rings. The van der Waals surface area contributed by atoms with Gasteiger partial charge < -0.3 is 4.90 Å². The molecule has 1 aliphatic heterocycles. The van der Waals surface area contributed by atoms with Gasteiger partial charge in [0.15, 0.2) is 0 Å². The zero-order chi connectivity index (χ0) is 35.0. The Morgan fingerprint density at radius 2 is 0.854 bits per heavy atom. The van der Waals surface area contributed by atoms with Gasteiger partial charge in [0.25, 0.3) is 5.91 Å². The van der Waals surface area contributed by atoms with E-state index in [9.17, 15) is 30.0 Å². The minimum atomic E-state index is -3.90. The highest BCUT2D eigenvalue weighted by Gasteiger charge is 2.28. The van der Waals surface area contributed by atoms with Crippen LogP contribution in [0.3, 0.4) is 0 Å². The van der Waals surface area contributed by atoms with E-state index in [4.69, 9.17) is 0 Å². The molecule has 3 aromatic carbocycles. The first-order valence-corrected chi connectivity index (χ1v) is 20.9. The van der Waals surface area contributed by atoms with Crippen LogP contribution in [0.25, 0.3) is 0 Å². The van der Waals surface area contributed by atoms with Gasteiger partial charge >= 0.3 is 0 Å². The summed E-state index contributed by atoms with van der Waals surface area (Å²) in [4.78, 5) is 15.6. The standard InChI is InChI=1S/C34H46N4O7S3/c1-29-13-17-32(18-14-29)47(42,43)37-25-7-21-35(34(39)31-11-5-4-6-12-31)22-8-26-38(48(44,45)33-19-15-30(2)16-20-33)28-10-24-36(23-9-27-37)46(3,40)41/h4-6,11-20H,7-10,21-28H2,1-3H3. The number of amides is 1. The Bertz CT molecular complexity index is 1740. The van der Waals surface area contributed by atoms with Crippen LogP contribution in [0.2, 0.25) is 0 Å². The number of rotatable bonds is 6. The Labute approximate surface area is 286 Å². The van der Waals surface area contributed by atoms with Crippen molar-refractivity contribution < 1.29 is 30.0 Å². The lowest BCUT2D eigenvalue weighted by Gasteiger charge is -2.29. The summed E-state index contributed by atoms with van der Waals surface area (Å²) < 4.78 is 84.6. The normalized spacial score (nSPS) is 18.0. The van der Waals surface area contributed by atoms with Gasteiger partial charge in [-0.3, -0.25) is 4.79 Å². The predicted octanol–water partition coefficient (Wildman–Crippen LogP) is 3.96. The lowest BCUT2D eigenvalue weighted by Crippen LogP contribution is -2.41. The molecule has 0 saturated carbocycles. The second-order valence-electron chi connectivity index (χ2n) is 12.2. The number of hydrogen-bond donors (Lipinski definition) is 0. The number of carbonyl (C=O) groups excluding carboxylic acids is 1. The SMILES string of the molecule is Cc1ccc(S(=O)(=O)N2CCCN(C(=O)c3ccccc3)CCCN(S(=O)(=O)c3ccc(C)cc3)CCCN(S(C)(=O)=O)CCC2)cc1. The molecule has 262 valence electrons. The van der Waals surface area contributed by atoms with Crippen LogP contribution in [0.4, 0.5) is 0 Å². The molecule has 0 N–H and O–H groups in total. The zero-order valence-corrected chi connectivity index (χ0v) is 30.3. The maximum Gasteiger partial charge on any atom is 0.253 e. The fourth-order valence-corrected chi connectivity index (χ4v) is 9.62.